The van der Waals surface area contributed by atoms with E-state index in [2.05, 4.69) is 49.4 Å². The smallest absolute Gasteiger partial charge is 0.126 e. The lowest BCUT2D eigenvalue weighted by molar-refractivity contribution is 0.122. The Labute approximate surface area is 153 Å². The molecular formula is C18H16BrN3OS. The van der Waals surface area contributed by atoms with Crippen molar-refractivity contribution in [3.63, 3.8) is 0 Å². The molecule has 6 heteroatoms. The van der Waals surface area contributed by atoms with E-state index in [0.29, 0.717) is 0 Å². The normalized spacial score (nSPS) is 14.8. The first-order valence-electron chi connectivity index (χ1n) is 7.80. The first kappa shape index (κ1) is 15.7. The fourth-order valence-electron chi connectivity index (χ4n) is 2.77. The molecule has 1 aromatic carbocycles. The van der Waals surface area contributed by atoms with Crippen molar-refractivity contribution in [2.75, 3.05) is 31.2 Å². The summed E-state index contributed by atoms with van der Waals surface area (Å²) in [6, 6.07) is 10.3. The van der Waals surface area contributed by atoms with Gasteiger partial charge in [-0.3, -0.25) is 4.98 Å². The largest absolute Gasteiger partial charge is 0.378 e. The Kier molecular flexibility index (Phi) is 4.60. The summed E-state index contributed by atoms with van der Waals surface area (Å²) in [4.78, 5) is 11.5. The zero-order chi connectivity index (χ0) is 16.4. The predicted octanol–water partition coefficient (Wildman–Crippen LogP) is 4.47. The van der Waals surface area contributed by atoms with E-state index in [0.717, 1.165) is 58.3 Å². The van der Waals surface area contributed by atoms with Crippen molar-refractivity contribution < 1.29 is 4.74 Å². The van der Waals surface area contributed by atoms with Gasteiger partial charge in [0.1, 0.15) is 5.01 Å². The molecule has 3 heterocycles. The Balaban J connectivity index is 1.68. The van der Waals surface area contributed by atoms with Crippen LogP contribution in [0, 0.1) is 0 Å². The number of ether oxygens (including phenoxy) is 1. The number of aromatic nitrogens is 2. The van der Waals surface area contributed by atoms with Crippen LogP contribution in [0.15, 0.2) is 52.6 Å². The minimum Gasteiger partial charge on any atom is -0.378 e. The van der Waals surface area contributed by atoms with E-state index in [1.807, 2.05) is 24.5 Å². The Morgan fingerprint density at radius 3 is 2.67 bits per heavy atom. The second-order valence-electron chi connectivity index (χ2n) is 5.54. The SMILES string of the molecule is Brc1ccc(-c2csc(-c3ccncc3N3CCOCC3)n2)cc1. The lowest BCUT2D eigenvalue weighted by Gasteiger charge is -2.29. The zero-order valence-electron chi connectivity index (χ0n) is 13.0. The molecule has 1 aliphatic heterocycles. The van der Waals surface area contributed by atoms with Gasteiger partial charge in [-0.25, -0.2) is 4.98 Å². The van der Waals surface area contributed by atoms with Crippen LogP contribution in [-0.2, 0) is 4.74 Å². The molecule has 0 radical (unpaired) electrons. The molecule has 3 aromatic rings. The van der Waals surface area contributed by atoms with Gasteiger partial charge in [-0.15, -0.1) is 11.3 Å². The fraction of sp³-hybridized carbons (Fsp3) is 0.222. The van der Waals surface area contributed by atoms with Crippen molar-refractivity contribution in [2.45, 2.75) is 0 Å². The molecule has 1 aliphatic rings. The lowest BCUT2D eigenvalue weighted by atomic mass is 10.2. The van der Waals surface area contributed by atoms with E-state index in [9.17, 15) is 0 Å². The fourth-order valence-corrected chi connectivity index (χ4v) is 3.90. The summed E-state index contributed by atoms with van der Waals surface area (Å²) in [7, 11) is 0. The minimum absolute atomic E-state index is 0.760. The molecule has 0 unspecified atom stereocenters. The number of hydrogen-bond acceptors (Lipinski definition) is 5. The maximum absolute atomic E-state index is 5.46. The monoisotopic (exact) mass is 401 g/mol. The van der Waals surface area contributed by atoms with Crippen LogP contribution in [0.25, 0.3) is 21.8 Å². The third-order valence-corrected chi connectivity index (χ3v) is 5.43. The molecule has 2 aromatic heterocycles. The van der Waals surface area contributed by atoms with E-state index >= 15 is 0 Å². The number of anilines is 1. The van der Waals surface area contributed by atoms with Gasteiger partial charge in [0.25, 0.3) is 0 Å². The summed E-state index contributed by atoms with van der Waals surface area (Å²) in [6.07, 6.45) is 3.77. The summed E-state index contributed by atoms with van der Waals surface area (Å²) in [5, 5.41) is 3.14. The van der Waals surface area contributed by atoms with Gasteiger partial charge in [0, 0.05) is 40.3 Å². The van der Waals surface area contributed by atoms with Crippen LogP contribution in [0.4, 0.5) is 5.69 Å². The summed E-state index contributed by atoms with van der Waals surface area (Å²) in [5.41, 5.74) is 4.41. The van der Waals surface area contributed by atoms with Crippen molar-refractivity contribution in [1.29, 1.82) is 0 Å². The lowest BCUT2D eigenvalue weighted by Crippen LogP contribution is -2.36. The van der Waals surface area contributed by atoms with Gasteiger partial charge in [0.05, 0.1) is 30.8 Å². The maximum atomic E-state index is 5.46. The average molecular weight is 402 g/mol. The highest BCUT2D eigenvalue weighted by Crippen LogP contribution is 2.35. The first-order valence-corrected chi connectivity index (χ1v) is 9.47. The number of benzene rings is 1. The molecule has 0 saturated carbocycles. The summed E-state index contributed by atoms with van der Waals surface area (Å²) < 4.78 is 6.53. The van der Waals surface area contributed by atoms with E-state index in [-0.39, 0.29) is 0 Å². The highest BCUT2D eigenvalue weighted by molar-refractivity contribution is 9.10. The van der Waals surface area contributed by atoms with Crippen LogP contribution >= 0.6 is 27.3 Å². The van der Waals surface area contributed by atoms with Crippen molar-refractivity contribution in [1.82, 2.24) is 9.97 Å². The molecule has 0 atom stereocenters. The summed E-state index contributed by atoms with van der Waals surface area (Å²) in [6.45, 7) is 3.31. The molecule has 4 nitrogen and oxygen atoms in total. The van der Waals surface area contributed by atoms with Gasteiger partial charge in [-0.1, -0.05) is 28.1 Å². The Hall–Kier alpha value is -1.76. The molecule has 0 N–H and O–H groups in total. The highest BCUT2D eigenvalue weighted by atomic mass is 79.9. The standard InChI is InChI=1S/C18H16BrN3OS/c19-14-3-1-13(2-4-14)16-12-24-18(21-16)15-5-6-20-11-17(15)22-7-9-23-10-8-22/h1-6,11-12H,7-10H2. The highest BCUT2D eigenvalue weighted by Gasteiger charge is 2.17. The molecule has 0 spiro atoms. The predicted molar refractivity (Wildman–Crippen MR) is 102 cm³/mol. The third-order valence-electron chi connectivity index (χ3n) is 4.03. The number of morpholine rings is 1. The first-order chi connectivity index (χ1) is 11.8. The molecule has 0 aliphatic carbocycles. The van der Waals surface area contributed by atoms with Gasteiger partial charge in [-0.2, -0.15) is 0 Å². The Morgan fingerprint density at radius 2 is 1.88 bits per heavy atom. The molecule has 0 bridgehead atoms. The number of thiazole rings is 1. The van der Waals surface area contributed by atoms with E-state index in [1.54, 1.807) is 11.3 Å². The van der Waals surface area contributed by atoms with Gasteiger partial charge in [0.15, 0.2) is 0 Å². The van der Waals surface area contributed by atoms with Crippen LogP contribution in [0.5, 0.6) is 0 Å². The maximum Gasteiger partial charge on any atom is 0.126 e. The quantitative estimate of drug-likeness (QED) is 0.648. The number of rotatable bonds is 3. The molecular weight excluding hydrogens is 386 g/mol. The van der Waals surface area contributed by atoms with Crippen molar-refractivity contribution in [3.8, 4) is 21.8 Å². The second-order valence-corrected chi connectivity index (χ2v) is 7.31. The van der Waals surface area contributed by atoms with E-state index < -0.39 is 0 Å². The second kappa shape index (κ2) is 7.01. The average Bonchev–Trinajstić information content (AvgIpc) is 3.13. The van der Waals surface area contributed by atoms with Crippen LogP contribution in [0.2, 0.25) is 0 Å². The molecule has 122 valence electrons. The van der Waals surface area contributed by atoms with Gasteiger partial charge < -0.3 is 9.64 Å². The molecule has 0 amide bonds. The number of pyridine rings is 1. The van der Waals surface area contributed by atoms with Crippen molar-refractivity contribution in [3.05, 3.63) is 52.6 Å². The third kappa shape index (κ3) is 3.22. The van der Waals surface area contributed by atoms with Gasteiger partial charge in [-0.05, 0) is 18.2 Å². The summed E-state index contributed by atoms with van der Waals surface area (Å²) >= 11 is 5.14. The Morgan fingerprint density at radius 1 is 1.08 bits per heavy atom. The van der Waals surface area contributed by atoms with E-state index in [1.165, 1.54) is 0 Å². The minimum atomic E-state index is 0.760. The van der Waals surface area contributed by atoms with Crippen LogP contribution in [-0.4, -0.2) is 36.3 Å². The number of halogens is 1. The summed E-state index contributed by atoms with van der Waals surface area (Å²) in [5.74, 6) is 0. The van der Waals surface area contributed by atoms with Gasteiger partial charge >= 0.3 is 0 Å². The molecule has 4 rings (SSSR count). The van der Waals surface area contributed by atoms with E-state index in [4.69, 9.17) is 9.72 Å². The molecule has 1 fully saturated rings. The van der Waals surface area contributed by atoms with Crippen LogP contribution in [0.3, 0.4) is 0 Å². The zero-order valence-corrected chi connectivity index (χ0v) is 15.4. The topological polar surface area (TPSA) is 38.2 Å². The number of hydrogen-bond donors (Lipinski definition) is 0. The van der Waals surface area contributed by atoms with Crippen molar-refractivity contribution >= 4 is 33.0 Å². The van der Waals surface area contributed by atoms with Gasteiger partial charge in [0.2, 0.25) is 0 Å². The Bertz CT molecular complexity index is 828. The van der Waals surface area contributed by atoms with Crippen molar-refractivity contribution in [2.24, 2.45) is 0 Å². The van der Waals surface area contributed by atoms with Crippen LogP contribution in [0.1, 0.15) is 0 Å². The molecule has 24 heavy (non-hydrogen) atoms. The number of nitrogens with zero attached hydrogens (tertiary/aromatic N) is 3. The molecule has 1 saturated heterocycles. The van der Waals surface area contributed by atoms with Crippen LogP contribution < -0.4 is 4.90 Å².